The molecule has 8 N–H and O–H groups in total. The Hall–Kier alpha value is -4.12. The molecule has 11 heteroatoms. The second-order valence-electron chi connectivity index (χ2n) is 15.0. The number of unbranched alkanes of at least 4 members (excludes halogenated alkanes) is 1. The molecule has 0 unspecified atom stereocenters. The van der Waals surface area contributed by atoms with E-state index in [1.165, 1.54) is 11.1 Å². The van der Waals surface area contributed by atoms with Gasteiger partial charge in [0.05, 0.1) is 12.0 Å². The second-order valence-corrected chi connectivity index (χ2v) is 15.0. The first-order valence-corrected chi connectivity index (χ1v) is 17.9. The number of carbonyl (C=O) groups excluding carboxylic acids is 3. The van der Waals surface area contributed by atoms with Crippen molar-refractivity contribution in [3.8, 4) is 5.75 Å². The average Bonchev–Trinajstić information content (AvgIpc) is 3.79. The van der Waals surface area contributed by atoms with Gasteiger partial charge in [-0.05, 0) is 97.1 Å². The third-order valence-corrected chi connectivity index (χ3v) is 11.3. The Labute approximate surface area is 290 Å². The molecule has 0 radical (unpaired) electrons. The molecular weight excluding hydrogens is 618 g/mol. The number of fused-ring (bicyclic) bond motifs is 4. The smallest absolute Gasteiger partial charge is 0.242 e. The van der Waals surface area contributed by atoms with Crippen LogP contribution in [0.4, 0.5) is 0 Å². The zero-order valence-electron chi connectivity index (χ0n) is 29.5. The first kappa shape index (κ1) is 36.2. The van der Waals surface area contributed by atoms with Gasteiger partial charge in [0, 0.05) is 25.7 Å². The quantitative estimate of drug-likeness (QED) is 0.0957. The van der Waals surface area contributed by atoms with Crippen molar-refractivity contribution < 1.29 is 19.5 Å². The van der Waals surface area contributed by atoms with Crippen molar-refractivity contribution in [1.82, 2.24) is 20.9 Å². The summed E-state index contributed by atoms with van der Waals surface area (Å²) in [6.07, 6.45) is 4.54. The summed E-state index contributed by atoms with van der Waals surface area (Å²) in [5, 5.41) is 18.9. The molecular formula is C38H55N7O4. The number of phenols is 1. The van der Waals surface area contributed by atoms with Crippen LogP contribution in [-0.4, -0.2) is 78.5 Å². The highest BCUT2D eigenvalue weighted by atomic mass is 16.3. The minimum absolute atomic E-state index is 0.00277. The summed E-state index contributed by atoms with van der Waals surface area (Å²) in [4.78, 5) is 46.7. The lowest BCUT2D eigenvalue weighted by Gasteiger charge is -2.55. The van der Waals surface area contributed by atoms with Crippen molar-refractivity contribution in [2.24, 2.45) is 34.2 Å². The van der Waals surface area contributed by atoms with E-state index in [0.29, 0.717) is 50.1 Å². The van der Waals surface area contributed by atoms with Crippen LogP contribution in [0.2, 0.25) is 0 Å². The van der Waals surface area contributed by atoms with E-state index in [2.05, 4.69) is 45.8 Å². The van der Waals surface area contributed by atoms with E-state index >= 15 is 0 Å². The number of carbonyl (C=O) groups is 3. The molecule has 0 spiro atoms. The van der Waals surface area contributed by atoms with Crippen molar-refractivity contribution in [2.75, 3.05) is 32.7 Å². The maximum absolute atomic E-state index is 14.0. The summed E-state index contributed by atoms with van der Waals surface area (Å²) in [7, 11) is 0. The molecule has 11 nitrogen and oxygen atoms in total. The van der Waals surface area contributed by atoms with E-state index < -0.39 is 17.4 Å². The SMILES string of the molecule is CC(C)C[C@@H](NC(=O)CNC(=O)[C@@]1(c2ccccc2)C[C@H]1CN1CC[C@@]2(C)c3cc(O)ccc3C[C@@H]1[C@@H]2C)C(=O)NCCCCN=C(N)N. The third-order valence-electron chi connectivity index (χ3n) is 11.3. The highest BCUT2D eigenvalue weighted by Gasteiger charge is 2.62. The highest BCUT2D eigenvalue weighted by Crippen LogP contribution is 2.56. The third kappa shape index (κ3) is 8.03. The van der Waals surface area contributed by atoms with Gasteiger partial charge in [0.2, 0.25) is 17.7 Å². The number of hydrogen-bond donors (Lipinski definition) is 6. The summed E-state index contributed by atoms with van der Waals surface area (Å²) in [6.45, 7) is 11.1. The molecule has 5 rings (SSSR count). The number of likely N-dealkylation sites (tertiary alicyclic amines) is 1. The van der Waals surface area contributed by atoms with Crippen LogP contribution >= 0.6 is 0 Å². The van der Waals surface area contributed by atoms with Crippen LogP contribution in [0.25, 0.3) is 0 Å². The molecule has 2 fully saturated rings. The topological polar surface area (TPSA) is 175 Å². The highest BCUT2D eigenvalue weighted by molar-refractivity contribution is 5.95. The number of guanidine groups is 1. The van der Waals surface area contributed by atoms with Crippen LogP contribution in [-0.2, 0) is 31.6 Å². The Morgan fingerprint density at radius 2 is 1.84 bits per heavy atom. The lowest BCUT2D eigenvalue weighted by molar-refractivity contribution is -0.130. The molecule has 1 saturated heterocycles. The zero-order chi connectivity index (χ0) is 35.3. The van der Waals surface area contributed by atoms with Crippen LogP contribution in [0, 0.1) is 17.8 Å². The Bertz CT molecular complexity index is 1530. The van der Waals surface area contributed by atoms with Gasteiger partial charge < -0.3 is 32.5 Å². The molecule has 49 heavy (non-hydrogen) atoms. The van der Waals surface area contributed by atoms with Gasteiger partial charge in [-0.15, -0.1) is 0 Å². The number of nitrogens with one attached hydrogen (secondary N) is 3. The van der Waals surface area contributed by atoms with Crippen molar-refractivity contribution in [3.05, 3.63) is 65.2 Å². The number of hydrogen-bond acceptors (Lipinski definition) is 6. The fourth-order valence-corrected chi connectivity index (χ4v) is 8.30. The monoisotopic (exact) mass is 673 g/mol. The second kappa shape index (κ2) is 15.2. The van der Waals surface area contributed by atoms with Gasteiger partial charge in [-0.25, -0.2) is 0 Å². The fraction of sp³-hybridized carbons (Fsp3) is 0.579. The molecule has 1 heterocycles. The number of amides is 3. The molecule has 2 aromatic carbocycles. The Balaban J connectivity index is 1.20. The molecule has 2 aliphatic carbocycles. The maximum Gasteiger partial charge on any atom is 0.242 e. The van der Waals surface area contributed by atoms with Crippen LogP contribution < -0.4 is 27.4 Å². The Kier molecular flexibility index (Phi) is 11.2. The molecule has 1 aliphatic heterocycles. The number of rotatable bonds is 15. The summed E-state index contributed by atoms with van der Waals surface area (Å²) in [5.74, 6) is 0.284. The number of nitrogens with zero attached hydrogens (tertiary/aromatic N) is 2. The molecule has 3 aliphatic rings. The lowest BCUT2D eigenvalue weighted by Crippen LogP contribution is -2.58. The van der Waals surface area contributed by atoms with E-state index in [4.69, 9.17) is 11.5 Å². The molecule has 0 aromatic heterocycles. The predicted molar refractivity (Wildman–Crippen MR) is 192 cm³/mol. The van der Waals surface area contributed by atoms with Gasteiger partial charge in [0.25, 0.3) is 0 Å². The van der Waals surface area contributed by atoms with Gasteiger partial charge >= 0.3 is 0 Å². The minimum atomic E-state index is -0.711. The minimum Gasteiger partial charge on any atom is -0.508 e. The van der Waals surface area contributed by atoms with Crippen molar-refractivity contribution in [2.45, 2.75) is 89.1 Å². The number of piperidine rings is 1. The molecule has 2 aromatic rings. The number of phenolic OH excluding ortho intramolecular Hbond substituents is 1. The van der Waals surface area contributed by atoms with Gasteiger partial charge in [-0.2, -0.15) is 0 Å². The van der Waals surface area contributed by atoms with Crippen LogP contribution in [0.3, 0.4) is 0 Å². The number of nitrogens with two attached hydrogens (primary N) is 2. The number of benzene rings is 2. The largest absolute Gasteiger partial charge is 0.508 e. The van der Waals surface area contributed by atoms with E-state index in [0.717, 1.165) is 37.9 Å². The van der Waals surface area contributed by atoms with E-state index in [-0.39, 0.29) is 41.6 Å². The predicted octanol–water partition coefficient (Wildman–Crippen LogP) is 2.69. The Morgan fingerprint density at radius 3 is 2.55 bits per heavy atom. The molecule has 266 valence electrons. The van der Waals surface area contributed by atoms with Gasteiger partial charge in [0.15, 0.2) is 5.96 Å². The first-order chi connectivity index (χ1) is 23.3. The van der Waals surface area contributed by atoms with Crippen LogP contribution in [0.5, 0.6) is 5.75 Å². The molecule has 2 bridgehead atoms. The van der Waals surface area contributed by atoms with Crippen molar-refractivity contribution in [1.29, 1.82) is 0 Å². The average molecular weight is 674 g/mol. The summed E-state index contributed by atoms with van der Waals surface area (Å²) < 4.78 is 0. The summed E-state index contributed by atoms with van der Waals surface area (Å²) >= 11 is 0. The maximum atomic E-state index is 14.0. The van der Waals surface area contributed by atoms with E-state index in [1.807, 2.05) is 50.2 Å². The zero-order valence-corrected chi connectivity index (χ0v) is 29.5. The number of aliphatic imine (C=N–C) groups is 1. The van der Waals surface area contributed by atoms with E-state index in [1.54, 1.807) is 6.07 Å². The molecule has 1 saturated carbocycles. The van der Waals surface area contributed by atoms with Gasteiger partial charge in [-0.1, -0.05) is 64.1 Å². The molecule has 3 amide bonds. The van der Waals surface area contributed by atoms with Crippen LogP contribution in [0.1, 0.15) is 76.5 Å². The van der Waals surface area contributed by atoms with E-state index in [9.17, 15) is 19.5 Å². The van der Waals surface area contributed by atoms with Crippen molar-refractivity contribution >= 4 is 23.7 Å². The van der Waals surface area contributed by atoms with Gasteiger partial charge in [0.1, 0.15) is 11.8 Å². The standard InChI is InChI=1S/C38H55N7O4/c1-24(2)18-31(34(48)41-15-8-9-16-42-36(39)40)44-33(47)22-43-35(49)38(27-10-6-5-7-11-27)21-28(38)23-45-17-14-37(4)25(3)32(45)19-26-12-13-29(46)20-30(26)37/h5-7,10-13,20,24-25,28,31-32,46H,8-9,14-19,21-23H2,1-4H3,(H,41,48)(H,43,49)(H,44,47)(H4,39,40,42)/t25-,28-,31+,32+,37+,38+/m0/s1. The molecule has 6 atom stereocenters. The first-order valence-electron chi connectivity index (χ1n) is 17.9. The number of aromatic hydroxyl groups is 1. The fourth-order valence-electron chi connectivity index (χ4n) is 8.30. The summed E-state index contributed by atoms with van der Waals surface area (Å²) in [5.41, 5.74) is 13.5. The lowest BCUT2D eigenvalue weighted by atomic mass is 9.59. The van der Waals surface area contributed by atoms with Crippen LogP contribution in [0.15, 0.2) is 53.5 Å². The summed E-state index contributed by atoms with van der Waals surface area (Å²) in [6, 6.07) is 15.4. The van der Waals surface area contributed by atoms with Crippen molar-refractivity contribution in [3.63, 3.8) is 0 Å². The normalized spacial score (nSPS) is 26.3. The van der Waals surface area contributed by atoms with Gasteiger partial charge in [-0.3, -0.25) is 24.3 Å². The Morgan fingerprint density at radius 1 is 1.08 bits per heavy atom.